The Morgan fingerprint density at radius 2 is 2.33 bits per heavy atom. The third-order valence-corrected chi connectivity index (χ3v) is 1.20. The second kappa shape index (κ2) is 2.68. The number of carbonyl (C=O) groups excluding carboxylic acids is 1. The highest BCUT2D eigenvalue weighted by atomic mass is 16.5. The van der Waals surface area contributed by atoms with E-state index in [4.69, 9.17) is 4.74 Å². The van der Waals surface area contributed by atoms with Crippen LogP contribution in [0.4, 0.5) is 4.79 Å². The first-order valence-corrected chi connectivity index (χ1v) is 2.89. The Balaban J connectivity index is 2.09. The van der Waals surface area contributed by atoms with Crippen LogP contribution in [0.15, 0.2) is 0 Å². The fourth-order valence-corrected chi connectivity index (χ4v) is 0.577. The van der Waals surface area contributed by atoms with Gasteiger partial charge in [0.25, 0.3) is 0 Å². The lowest BCUT2D eigenvalue weighted by Gasteiger charge is -2.26. The third kappa shape index (κ3) is 1.57. The van der Waals surface area contributed by atoms with Crippen LogP contribution in [0.3, 0.4) is 0 Å². The summed E-state index contributed by atoms with van der Waals surface area (Å²) in [6, 6.07) is 0.0910. The smallest absolute Gasteiger partial charge is 0.314 e. The number of ether oxygens (including phenoxy) is 1. The minimum atomic E-state index is -0.136. The van der Waals surface area contributed by atoms with Crippen molar-refractivity contribution in [1.82, 2.24) is 10.6 Å². The molecule has 1 aliphatic rings. The van der Waals surface area contributed by atoms with E-state index in [0.717, 1.165) is 0 Å². The van der Waals surface area contributed by atoms with Gasteiger partial charge in [-0.25, -0.2) is 4.79 Å². The fraction of sp³-hybridized carbons (Fsp3) is 0.800. The Labute approximate surface area is 53.6 Å². The van der Waals surface area contributed by atoms with Gasteiger partial charge in [-0.3, -0.25) is 0 Å². The van der Waals surface area contributed by atoms with Crippen LogP contribution in [-0.2, 0) is 4.74 Å². The molecule has 0 aliphatic carbocycles. The summed E-state index contributed by atoms with van der Waals surface area (Å²) < 4.78 is 4.84. The molecule has 0 aromatic rings. The van der Waals surface area contributed by atoms with Gasteiger partial charge >= 0.3 is 6.03 Å². The van der Waals surface area contributed by atoms with Crippen molar-refractivity contribution in [1.29, 1.82) is 0 Å². The SMILES string of the molecule is CNC(=O)NC1COC1. The molecule has 0 radical (unpaired) electrons. The second-order valence-electron chi connectivity index (χ2n) is 1.96. The molecule has 0 bridgehead atoms. The molecule has 0 saturated carbocycles. The number of hydrogen-bond acceptors (Lipinski definition) is 2. The standard InChI is InChI=1S/C5H10N2O2/c1-6-5(8)7-4-2-9-3-4/h4H,2-3H2,1H3,(H2,6,7,8). The van der Waals surface area contributed by atoms with Crippen molar-refractivity contribution in [2.24, 2.45) is 0 Å². The molecule has 0 aromatic carbocycles. The zero-order chi connectivity index (χ0) is 6.69. The van der Waals surface area contributed by atoms with Gasteiger partial charge in [-0.1, -0.05) is 0 Å². The highest BCUT2D eigenvalue weighted by Gasteiger charge is 2.19. The molecule has 0 spiro atoms. The van der Waals surface area contributed by atoms with E-state index in [2.05, 4.69) is 10.6 Å². The summed E-state index contributed by atoms with van der Waals surface area (Å²) in [5, 5.41) is 5.15. The minimum absolute atomic E-state index is 0.136. The van der Waals surface area contributed by atoms with Gasteiger partial charge in [0.1, 0.15) is 0 Å². The first kappa shape index (κ1) is 6.35. The Kier molecular flexibility index (Phi) is 1.89. The van der Waals surface area contributed by atoms with Crippen molar-refractivity contribution in [2.75, 3.05) is 20.3 Å². The maximum Gasteiger partial charge on any atom is 0.314 e. The molecule has 1 fully saturated rings. The average molecular weight is 130 g/mol. The maximum absolute atomic E-state index is 10.5. The zero-order valence-electron chi connectivity index (χ0n) is 5.31. The predicted octanol–water partition coefficient (Wildman–Crippen LogP) is -0.686. The highest BCUT2D eigenvalue weighted by molar-refractivity contribution is 5.73. The molecule has 0 atom stereocenters. The summed E-state index contributed by atoms with van der Waals surface area (Å²) in [5.74, 6) is 0. The van der Waals surface area contributed by atoms with Crippen molar-refractivity contribution in [3.63, 3.8) is 0 Å². The molecule has 0 unspecified atom stereocenters. The molecular formula is C5H10N2O2. The molecule has 1 rings (SSSR count). The molecule has 4 nitrogen and oxygen atoms in total. The summed E-state index contributed by atoms with van der Waals surface area (Å²) in [6.07, 6.45) is 0. The summed E-state index contributed by atoms with van der Waals surface area (Å²) in [4.78, 5) is 10.5. The van der Waals surface area contributed by atoms with Gasteiger partial charge in [-0.2, -0.15) is 0 Å². The minimum Gasteiger partial charge on any atom is -0.377 e. The van der Waals surface area contributed by atoms with Gasteiger partial charge in [0, 0.05) is 7.05 Å². The van der Waals surface area contributed by atoms with Crippen LogP contribution in [0.1, 0.15) is 0 Å². The van der Waals surface area contributed by atoms with Crippen LogP contribution < -0.4 is 10.6 Å². The summed E-state index contributed by atoms with van der Waals surface area (Å²) in [6.45, 7) is 1.29. The van der Waals surface area contributed by atoms with Gasteiger partial charge in [-0.05, 0) is 0 Å². The molecule has 4 heteroatoms. The van der Waals surface area contributed by atoms with Crippen molar-refractivity contribution in [3.8, 4) is 0 Å². The molecule has 1 saturated heterocycles. The van der Waals surface area contributed by atoms with Crippen LogP contribution >= 0.6 is 0 Å². The van der Waals surface area contributed by atoms with Gasteiger partial charge in [-0.15, -0.1) is 0 Å². The molecule has 2 N–H and O–H groups in total. The van der Waals surface area contributed by atoms with E-state index in [1.54, 1.807) is 7.05 Å². The molecule has 2 amide bonds. The number of rotatable bonds is 1. The number of carbonyl (C=O) groups is 1. The van der Waals surface area contributed by atoms with Crippen LogP contribution in [0.2, 0.25) is 0 Å². The zero-order valence-corrected chi connectivity index (χ0v) is 5.31. The van der Waals surface area contributed by atoms with Crippen molar-refractivity contribution in [3.05, 3.63) is 0 Å². The molecule has 1 aliphatic heterocycles. The van der Waals surface area contributed by atoms with E-state index in [1.165, 1.54) is 0 Å². The van der Waals surface area contributed by atoms with E-state index in [-0.39, 0.29) is 12.1 Å². The molecule has 52 valence electrons. The van der Waals surface area contributed by atoms with Crippen LogP contribution in [-0.4, -0.2) is 32.3 Å². The van der Waals surface area contributed by atoms with Crippen LogP contribution in [0, 0.1) is 0 Å². The number of urea groups is 1. The van der Waals surface area contributed by atoms with Crippen molar-refractivity contribution in [2.45, 2.75) is 6.04 Å². The Morgan fingerprint density at radius 1 is 1.67 bits per heavy atom. The summed E-state index contributed by atoms with van der Waals surface area (Å²) >= 11 is 0. The molecule has 9 heavy (non-hydrogen) atoms. The molecular weight excluding hydrogens is 120 g/mol. The topological polar surface area (TPSA) is 50.4 Å². The normalized spacial score (nSPS) is 18.3. The van der Waals surface area contributed by atoms with Gasteiger partial charge in [0.15, 0.2) is 0 Å². The van der Waals surface area contributed by atoms with Gasteiger partial charge in [0.2, 0.25) is 0 Å². The first-order valence-electron chi connectivity index (χ1n) is 2.89. The van der Waals surface area contributed by atoms with E-state index >= 15 is 0 Å². The monoisotopic (exact) mass is 130 g/mol. The van der Waals surface area contributed by atoms with Crippen LogP contribution in [0.25, 0.3) is 0 Å². The Bertz CT molecular complexity index is 112. The molecule has 0 aromatic heterocycles. The van der Waals surface area contributed by atoms with Crippen LogP contribution in [0.5, 0.6) is 0 Å². The lowest BCUT2D eigenvalue weighted by molar-refractivity contribution is 0.000103. The van der Waals surface area contributed by atoms with Gasteiger partial charge < -0.3 is 15.4 Å². The first-order chi connectivity index (χ1) is 4.33. The van der Waals surface area contributed by atoms with E-state index in [0.29, 0.717) is 13.2 Å². The lowest BCUT2D eigenvalue weighted by atomic mass is 10.3. The Hall–Kier alpha value is -0.770. The number of hydrogen-bond donors (Lipinski definition) is 2. The Morgan fingerprint density at radius 3 is 2.67 bits per heavy atom. The second-order valence-corrected chi connectivity index (χ2v) is 1.96. The molecule has 1 heterocycles. The quantitative estimate of drug-likeness (QED) is 0.494. The lowest BCUT2D eigenvalue weighted by Crippen LogP contribution is -2.51. The fourth-order valence-electron chi connectivity index (χ4n) is 0.577. The van der Waals surface area contributed by atoms with Crippen molar-refractivity contribution < 1.29 is 9.53 Å². The average Bonchev–Trinajstić information content (AvgIpc) is 1.78. The highest BCUT2D eigenvalue weighted by Crippen LogP contribution is 1.97. The largest absolute Gasteiger partial charge is 0.377 e. The summed E-state index contributed by atoms with van der Waals surface area (Å²) in [7, 11) is 1.59. The maximum atomic E-state index is 10.5. The van der Waals surface area contributed by atoms with Gasteiger partial charge in [0.05, 0.1) is 19.3 Å². The summed E-state index contributed by atoms with van der Waals surface area (Å²) in [5.41, 5.74) is 0. The third-order valence-electron chi connectivity index (χ3n) is 1.20. The predicted molar refractivity (Wildman–Crippen MR) is 32.2 cm³/mol. The number of amides is 2. The van der Waals surface area contributed by atoms with E-state index < -0.39 is 0 Å². The van der Waals surface area contributed by atoms with Crippen molar-refractivity contribution >= 4 is 6.03 Å². The van der Waals surface area contributed by atoms with E-state index in [1.807, 2.05) is 0 Å². The van der Waals surface area contributed by atoms with E-state index in [9.17, 15) is 4.79 Å². The number of nitrogens with one attached hydrogen (secondary N) is 2.